The molecular formula is C19H23N3O6. The van der Waals surface area contributed by atoms with Gasteiger partial charge < -0.3 is 15.0 Å². The van der Waals surface area contributed by atoms with Crippen LogP contribution in [0.15, 0.2) is 24.3 Å². The molecule has 0 radical (unpaired) electrons. The maximum Gasteiger partial charge on any atom is 0.329 e. The fraction of sp³-hybridized carbons (Fsp3) is 0.421. The zero-order valence-electron chi connectivity index (χ0n) is 16.1. The minimum absolute atomic E-state index is 0.144. The number of rotatable bonds is 8. The Morgan fingerprint density at radius 1 is 1.11 bits per heavy atom. The molecule has 0 fully saturated rings. The Balaban J connectivity index is 1.96. The molecule has 1 aromatic rings. The molecule has 9 nitrogen and oxygen atoms in total. The summed E-state index contributed by atoms with van der Waals surface area (Å²) in [4.78, 5) is 63.0. The van der Waals surface area contributed by atoms with Gasteiger partial charge in [-0.2, -0.15) is 0 Å². The van der Waals surface area contributed by atoms with E-state index in [4.69, 9.17) is 4.74 Å². The fourth-order valence-corrected chi connectivity index (χ4v) is 2.81. The van der Waals surface area contributed by atoms with Crippen molar-refractivity contribution < 1.29 is 28.7 Å². The third-order valence-electron chi connectivity index (χ3n) is 4.33. The van der Waals surface area contributed by atoms with E-state index in [0.717, 1.165) is 4.90 Å². The van der Waals surface area contributed by atoms with Gasteiger partial charge in [0.1, 0.15) is 6.04 Å². The Labute approximate surface area is 162 Å². The molecule has 1 heterocycles. The lowest BCUT2D eigenvalue weighted by Gasteiger charge is -2.23. The van der Waals surface area contributed by atoms with Crippen LogP contribution in [-0.2, 0) is 19.1 Å². The number of carbonyl (C=O) groups is 5. The molecule has 1 aliphatic rings. The van der Waals surface area contributed by atoms with Gasteiger partial charge in [0.2, 0.25) is 5.91 Å². The molecule has 150 valence electrons. The highest BCUT2D eigenvalue weighted by atomic mass is 16.5. The first kappa shape index (κ1) is 21.1. The van der Waals surface area contributed by atoms with Crippen LogP contribution >= 0.6 is 0 Å². The summed E-state index contributed by atoms with van der Waals surface area (Å²) in [6, 6.07) is 5.10. The number of esters is 1. The molecule has 0 aromatic heterocycles. The minimum atomic E-state index is -1.18. The normalized spacial score (nSPS) is 13.8. The van der Waals surface area contributed by atoms with E-state index in [1.807, 2.05) is 0 Å². The molecule has 9 heteroatoms. The molecule has 1 aliphatic heterocycles. The quantitative estimate of drug-likeness (QED) is 0.502. The van der Waals surface area contributed by atoms with Crippen LogP contribution in [-0.4, -0.2) is 71.7 Å². The molecule has 0 saturated carbocycles. The highest BCUT2D eigenvalue weighted by Gasteiger charge is 2.41. The number of nitrogens with zero attached hydrogens (tertiary/aromatic N) is 2. The summed E-state index contributed by atoms with van der Waals surface area (Å²) in [5.41, 5.74) is 0.449. The average molecular weight is 389 g/mol. The smallest absolute Gasteiger partial charge is 0.329 e. The first-order valence-electron chi connectivity index (χ1n) is 8.99. The van der Waals surface area contributed by atoms with Crippen LogP contribution in [0.1, 0.15) is 41.5 Å². The van der Waals surface area contributed by atoms with Gasteiger partial charge in [-0.1, -0.05) is 12.1 Å². The number of benzene rings is 1. The molecule has 0 spiro atoms. The zero-order chi connectivity index (χ0) is 20.8. The summed E-state index contributed by atoms with van der Waals surface area (Å²) >= 11 is 0. The largest absolute Gasteiger partial charge is 0.454 e. The van der Waals surface area contributed by atoms with Gasteiger partial charge in [0.15, 0.2) is 6.61 Å². The third kappa shape index (κ3) is 4.36. The highest BCUT2D eigenvalue weighted by Crippen LogP contribution is 2.24. The second kappa shape index (κ2) is 9.12. The SMILES string of the molecule is CCNC(=O)CN(CC)C(=O)COC(=O)[C@@H](C)N1C(=O)c2ccccc2C1=O. The van der Waals surface area contributed by atoms with E-state index in [9.17, 15) is 24.0 Å². The number of imide groups is 1. The lowest BCUT2D eigenvalue weighted by atomic mass is 10.1. The molecule has 2 rings (SSSR count). The maximum absolute atomic E-state index is 12.4. The number of hydrogen-bond acceptors (Lipinski definition) is 6. The molecule has 0 aliphatic carbocycles. The maximum atomic E-state index is 12.4. The topological polar surface area (TPSA) is 113 Å². The Bertz CT molecular complexity index is 772. The Kier molecular flexibility index (Phi) is 6.86. The van der Waals surface area contributed by atoms with Crippen LogP contribution in [0.4, 0.5) is 0 Å². The molecule has 0 bridgehead atoms. The number of likely N-dealkylation sites (N-methyl/N-ethyl adjacent to an activating group) is 2. The molecule has 4 amide bonds. The number of carbonyl (C=O) groups excluding carboxylic acids is 5. The van der Waals surface area contributed by atoms with E-state index in [2.05, 4.69) is 5.32 Å². The minimum Gasteiger partial charge on any atom is -0.454 e. The fourth-order valence-electron chi connectivity index (χ4n) is 2.81. The third-order valence-corrected chi connectivity index (χ3v) is 4.33. The summed E-state index contributed by atoms with van der Waals surface area (Å²) in [5.74, 6) is -2.90. The van der Waals surface area contributed by atoms with Crippen LogP contribution in [0.5, 0.6) is 0 Å². The summed E-state index contributed by atoms with van der Waals surface area (Å²) in [5, 5.41) is 2.58. The van der Waals surface area contributed by atoms with Gasteiger partial charge in [-0.15, -0.1) is 0 Å². The van der Waals surface area contributed by atoms with E-state index >= 15 is 0 Å². The molecule has 1 aromatic carbocycles. The van der Waals surface area contributed by atoms with Gasteiger partial charge in [0.25, 0.3) is 17.7 Å². The lowest BCUT2D eigenvalue weighted by molar-refractivity contribution is -0.155. The Morgan fingerprint density at radius 3 is 2.18 bits per heavy atom. The van der Waals surface area contributed by atoms with Crippen LogP contribution in [0, 0.1) is 0 Å². The number of ether oxygens (including phenoxy) is 1. The van der Waals surface area contributed by atoms with Gasteiger partial charge in [0.05, 0.1) is 17.7 Å². The second-order valence-electron chi connectivity index (χ2n) is 6.17. The second-order valence-corrected chi connectivity index (χ2v) is 6.17. The molecule has 0 saturated heterocycles. The first-order chi connectivity index (χ1) is 13.3. The molecule has 1 N–H and O–H groups in total. The van der Waals surface area contributed by atoms with Crippen molar-refractivity contribution in [1.82, 2.24) is 15.1 Å². The molecule has 0 unspecified atom stereocenters. The van der Waals surface area contributed by atoms with Crippen molar-refractivity contribution in [3.05, 3.63) is 35.4 Å². The van der Waals surface area contributed by atoms with Crippen molar-refractivity contribution in [3.8, 4) is 0 Å². The first-order valence-corrected chi connectivity index (χ1v) is 8.99. The van der Waals surface area contributed by atoms with Crippen molar-refractivity contribution >= 4 is 29.6 Å². The Morgan fingerprint density at radius 2 is 1.68 bits per heavy atom. The van der Waals surface area contributed by atoms with Gasteiger partial charge in [0, 0.05) is 13.1 Å². The van der Waals surface area contributed by atoms with Gasteiger partial charge in [-0.05, 0) is 32.9 Å². The summed E-state index contributed by atoms with van der Waals surface area (Å²) in [7, 11) is 0. The van der Waals surface area contributed by atoms with E-state index in [1.54, 1.807) is 26.0 Å². The number of hydrogen-bond donors (Lipinski definition) is 1. The van der Waals surface area contributed by atoms with Crippen LogP contribution in [0.3, 0.4) is 0 Å². The highest BCUT2D eigenvalue weighted by molar-refractivity contribution is 6.22. The summed E-state index contributed by atoms with van der Waals surface area (Å²) in [6.45, 7) is 4.80. The van der Waals surface area contributed by atoms with Gasteiger partial charge in [-0.25, -0.2) is 4.79 Å². The van der Waals surface area contributed by atoms with Crippen LogP contribution < -0.4 is 5.32 Å². The van der Waals surface area contributed by atoms with E-state index in [-0.39, 0.29) is 30.1 Å². The lowest BCUT2D eigenvalue weighted by Crippen LogP contribution is -2.45. The standard InChI is InChI=1S/C19H23N3O6/c1-4-20-15(23)10-21(5-2)16(24)11-28-19(27)12(3)22-17(25)13-8-6-7-9-14(13)18(22)26/h6-9,12H,4-5,10-11H2,1-3H3,(H,20,23)/t12-/m1/s1. The van der Waals surface area contributed by atoms with Crippen molar-refractivity contribution in [1.29, 1.82) is 0 Å². The summed E-state index contributed by atoms with van der Waals surface area (Å²) < 4.78 is 4.99. The molecule has 28 heavy (non-hydrogen) atoms. The summed E-state index contributed by atoms with van der Waals surface area (Å²) in [6.07, 6.45) is 0. The van der Waals surface area contributed by atoms with E-state index < -0.39 is 36.3 Å². The monoisotopic (exact) mass is 389 g/mol. The van der Waals surface area contributed by atoms with Crippen molar-refractivity contribution in [2.75, 3.05) is 26.2 Å². The number of fused-ring (bicyclic) bond motifs is 1. The van der Waals surface area contributed by atoms with Crippen molar-refractivity contribution in [3.63, 3.8) is 0 Å². The van der Waals surface area contributed by atoms with Crippen molar-refractivity contribution in [2.24, 2.45) is 0 Å². The predicted octanol–water partition coefficient (Wildman–Crippen LogP) is 0.199. The zero-order valence-corrected chi connectivity index (χ0v) is 16.1. The number of nitrogens with one attached hydrogen (secondary N) is 1. The van der Waals surface area contributed by atoms with Gasteiger partial charge in [-0.3, -0.25) is 24.1 Å². The van der Waals surface area contributed by atoms with Gasteiger partial charge >= 0.3 is 5.97 Å². The molecular weight excluding hydrogens is 366 g/mol. The van der Waals surface area contributed by atoms with Crippen LogP contribution in [0.25, 0.3) is 0 Å². The van der Waals surface area contributed by atoms with E-state index in [1.165, 1.54) is 24.0 Å². The average Bonchev–Trinajstić information content (AvgIpc) is 2.94. The predicted molar refractivity (Wildman–Crippen MR) is 98.3 cm³/mol. The Hall–Kier alpha value is -3.23. The molecule has 1 atom stereocenters. The number of amides is 4. The van der Waals surface area contributed by atoms with Crippen LogP contribution in [0.2, 0.25) is 0 Å². The van der Waals surface area contributed by atoms with E-state index in [0.29, 0.717) is 6.54 Å². The van der Waals surface area contributed by atoms with Crippen molar-refractivity contribution in [2.45, 2.75) is 26.8 Å².